The first-order chi connectivity index (χ1) is 32.2. The average Bonchev–Trinajstić information content (AvgIpc) is 3.66. The van der Waals surface area contributed by atoms with E-state index in [1.165, 1.54) is 32.4 Å². The number of aryl methyl sites for hydroxylation is 1. The molecule has 0 fully saturated rings. The average molecular weight is 1050 g/mol. The molecule has 0 radical (unpaired) electrons. The maximum absolute atomic E-state index is 13.2. The van der Waals surface area contributed by atoms with Crippen molar-refractivity contribution >= 4 is 82.6 Å². The second-order valence-corrected chi connectivity index (χ2v) is 21.9. The Bertz CT molecular complexity index is 3130. The standard InChI is InChI=1S/C44H48Cl2N8O12S3/c1-43(2)33-25-29(40(56)52(4)66-5)27-53(21-9-23-67(57,58)59)38(33)48-35(43)11-7-6-8-12-36-44(3,32-26-31(69(63,64)65)17-18-34(32)54(36)22-10-24-68(60,61)62)30-15-13-28(14-16-30)39(55)47-20-19-37-49-41(45)51-42(46)50-37/h6-8,11-18,25-27H,9-10,19-24H2,1-5H3,(H3-,47,55,57,58,59,60,61,62,63,64,65)/p+1. The first kappa shape index (κ1) is 52.9. The zero-order valence-electron chi connectivity index (χ0n) is 37.9. The van der Waals surface area contributed by atoms with Gasteiger partial charge in [0.25, 0.3) is 42.2 Å². The molecule has 0 bridgehead atoms. The Morgan fingerprint density at radius 1 is 0.855 bits per heavy atom. The minimum absolute atomic E-state index is 0.0300. The van der Waals surface area contributed by atoms with Gasteiger partial charge in [-0.25, -0.2) is 19.6 Å². The minimum atomic E-state index is -4.69. The molecule has 0 aliphatic carbocycles. The first-order valence-electron chi connectivity index (χ1n) is 21.0. The van der Waals surface area contributed by atoms with Crippen molar-refractivity contribution in [2.75, 3.05) is 43.7 Å². The van der Waals surface area contributed by atoms with Gasteiger partial charge in [-0.1, -0.05) is 30.4 Å². The number of anilines is 1. The number of benzene rings is 2. The first-order valence-corrected chi connectivity index (χ1v) is 26.4. The van der Waals surface area contributed by atoms with Crippen molar-refractivity contribution in [3.8, 4) is 0 Å². The number of aliphatic imine (C=N–C) groups is 1. The Labute approximate surface area is 409 Å². The van der Waals surface area contributed by atoms with Crippen LogP contribution in [0.25, 0.3) is 0 Å². The predicted octanol–water partition coefficient (Wildman–Crippen LogP) is 5.06. The Kier molecular flexibility index (Phi) is 16.0. The van der Waals surface area contributed by atoms with E-state index in [1.54, 1.807) is 76.4 Å². The number of carbonyl (C=O) groups excluding carboxylic acids is 2. The predicted molar refractivity (Wildman–Crippen MR) is 257 cm³/mol. The highest BCUT2D eigenvalue weighted by Crippen LogP contribution is 2.52. The number of halogens is 2. The van der Waals surface area contributed by atoms with E-state index in [9.17, 15) is 48.5 Å². The van der Waals surface area contributed by atoms with Crippen molar-refractivity contribution in [3.05, 3.63) is 135 Å². The smallest absolute Gasteiger partial charge is 0.327 e. The van der Waals surface area contributed by atoms with Crippen LogP contribution in [0.3, 0.4) is 0 Å². The topological polar surface area (TPSA) is 280 Å². The number of rotatable bonds is 19. The number of carbonyl (C=O) groups is 2. The lowest BCUT2D eigenvalue weighted by Crippen LogP contribution is -2.38. The third-order valence-electron chi connectivity index (χ3n) is 11.7. The Morgan fingerprint density at radius 3 is 2.13 bits per heavy atom. The molecule has 4 heterocycles. The van der Waals surface area contributed by atoms with Gasteiger partial charge in [-0.2, -0.15) is 30.2 Å². The molecule has 0 saturated carbocycles. The zero-order chi connectivity index (χ0) is 50.7. The lowest BCUT2D eigenvalue weighted by Gasteiger charge is -2.31. The molecule has 0 spiro atoms. The number of fused-ring (bicyclic) bond motifs is 2. The molecule has 368 valence electrons. The van der Waals surface area contributed by atoms with E-state index in [4.69, 9.17) is 33.0 Å². The number of hydroxylamine groups is 2. The molecule has 2 aliphatic heterocycles. The van der Waals surface area contributed by atoms with E-state index >= 15 is 0 Å². The molecule has 4 N–H and O–H groups in total. The molecule has 2 aliphatic rings. The summed E-state index contributed by atoms with van der Waals surface area (Å²) in [7, 11) is -10.5. The summed E-state index contributed by atoms with van der Waals surface area (Å²) in [6, 6.07) is 12.3. The van der Waals surface area contributed by atoms with E-state index in [2.05, 4.69) is 20.3 Å². The fraction of sp³-hybridized carbons (Fsp3) is 0.341. The summed E-state index contributed by atoms with van der Waals surface area (Å²) in [5.41, 5.74) is 1.94. The van der Waals surface area contributed by atoms with Gasteiger partial charge in [0, 0.05) is 49.9 Å². The number of allylic oxidation sites excluding steroid dienone is 6. The van der Waals surface area contributed by atoms with Crippen LogP contribution in [0.5, 0.6) is 0 Å². The van der Waals surface area contributed by atoms with Crippen molar-refractivity contribution in [2.24, 2.45) is 4.99 Å². The van der Waals surface area contributed by atoms with Crippen LogP contribution in [0.1, 0.15) is 76.8 Å². The Hall–Kier alpha value is -5.50. The van der Waals surface area contributed by atoms with Gasteiger partial charge in [0.15, 0.2) is 5.71 Å². The number of nitrogens with one attached hydrogen (secondary N) is 1. The highest BCUT2D eigenvalue weighted by molar-refractivity contribution is 7.86. The summed E-state index contributed by atoms with van der Waals surface area (Å²) in [5.74, 6) is -1.18. The second-order valence-electron chi connectivity index (χ2n) is 16.6. The van der Waals surface area contributed by atoms with Crippen molar-refractivity contribution in [2.45, 2.75) is 62.3 Å². The molecule has 20 nitrogen and oxygen atoms in total. The highest BCUT2D eigenvalue weighted by Gasteiger charge is 2.46. The zero-order valence-corrected chi connectivity index (χ0v) is 41.8. The number of hydrogen-bond acceptors (Lipinski definition) is 14. The van der Waals surface area contributed by atoms with Crippen LogP contribution in [-0.2, 0) is 59.0 Å². The summed E-state index contributed by atoms with van der Waals surface area (Å²) in [4.78, 5) is 49.6. The van der Waals surface area contributed by atoms with Gasteiger partial charge in [-0.3, -0.25) is 28.1 Å². The van der Waals surface area contributed by atoms with Gasteiger partial charge in [-0.05, 0) is 115 Å². The number of aromatic nitrogens is 4. The summed E-state index contributed by atoms with van der Waals surface area (Å²) in [6.07, 6.45) is 10.4. The molecular weight excluding hydrogens is 1000 g/mol. The fourth-order valence-electron chi connectivity index (χ4n) is 8.07. The summed E-state index contributed by atoms with van der Waals surface area (Å²) in [5, 5.41) is 3.67. The van der Waals surface area contributed by atoms with Crippen LogP contribution in [0.4, 0.5) is 11.5 Å². The lowest BCUT2D eigenvalue weighted by atomic mass is 9.75. The second kappa shape index (κ2) is 20.8. The monoisotopic (exact) mass is 1050 g/mol. The maximum Gasteiger partial charge on any atom is 0.327 e. The Morgan fingerprint density at radius 2 is 1.51 bits per heavy atom. The number of amides is 2. The van der Waals surface area contributed by atoms with Crippen molar-refractivity contribution in [1.82, 2.24) is 25.3 Å². The van der Waals surface area contributed by atoms with Crippen LogP contribution in [0.15, 0.2) is 101 Å². The van der Waals surface area contributed by atoms with Crippen LogP contribution in [0.2, 0.25) is 10.6 Å². The number of hydrogen-bond donors (Lipinski definition) is 4. The van der Waals surface area contributed by atoms with Gasteiger partial charge in [0.1, 0.15) is 12.0 Å². The SMILES string of the molecule is CON(C)C(=O)c1cc2c([n+](CCCS(=O)(=O)O)c1)N=C(/C=C/C=C/C=C1/N(CCCS(=O)(=O)O)c3ccc(S(=O)(=O)O)cc3C1(C)c1ccc(C(=O)NCCc3nc(Cl)nc(Cl)n3)cc1)C2(C)C. The van der Waals surface area contributed by atoms with Gasteiger partial charge < -0.3 is 10.2 Å². The maximum atomic E-state index is 13.2. The van der Waals surface area contributed by atoms with Crippen molar-refractivity contribution in [1.29, 1.82) is 0 Å². The molecule has 2 aromatic heterocycles. The molecule has 1 atom stereocenters. The third-order valence-corrected chi connectivity index (χ3v) is 14.5. The molecule has 2 aromatic carbocycles. The lowest BCUT2D eigenvalue weighted by molar-refractivity contribution is -0.684. The van der Waals surface area contributed by atoms with E-state index in [0.717, 1.165) is 5.06 Å². The van der Waals surface area contributed by atoms with Crippen LogP contribution in [-0.4, -0.2) is 115 Å². The normalized spacial score (nSPS) is 17.4. The summed E-state index contributed by atoms with van der Waals surface area (Å²) in [6.45, 7) is 5.95. The molecule has 69 heavy (non-hydrogen) atoms. The molecule has 6 rings (SSSR count). The highest BCUT2D eigenvalue weighted by atomic mass is 35.5. The van der Waals surface area contributed by atoms with Gasteiger partial charge in [-0.15, -0.1) is 0 Å². The van der Waals surface area contributed by atoms with E-state index in [-0.39, 0.29) is 71.3 Å². The largest absolute Gasteiger partial charge is 0.352 e. The van der Waals surface area contributed by atoms with Gasteiger partial charge >= 0.3 is 5.82 Å². The van der Waals surface area contributed by atoms with E-state index in [1.807, 2.05) is 20.8 Å². The van der Waals surface area contributed by atoms with Gasteiger partial charge in [0.2, 0.25) is 10.6 Å². The third kappa shape index (κ3) is 12.5. The number of pyridine rings is 1. The van der Waals surface area contributed by atoms with Gasteiger partial charge in [0.05, 0.1) is 52.0 Å². The Balaban J connectivity index is 1.36. The fourth-order valence-corrected chi connectivity index (χ4v) is 9.96. The summed E-state index contributed by atoms with van der Waals surface area (Å²) >= 11 is 11.7. The van der Waals surface area contributed by atoms with Crippen molar-refractivity contribution < 1.29 is 57.9 Å². The molecule has 2 amide bonds. The molecular formula is C44H49Cl2N8O12S3+. The van der Waals surface area contributed by atoms with Crippen LogP contribution in [0, 0.1) is 0 Å². The molecule has 4 aromatic rings. The molecule has 1 unspecified atom stereocenters. The molecule has 25 heteroatoms. The minimum Gasteiger partial charge on any atom is -0.352 e. The quantitative estimate of drug-likeness (QED) is 0.0413. The number of nitrogens with zero attached hydrogens (tertiary/aromatic N) is 7. The molecule has 0 saturated heterocycles. The van der Waals surface area contributed by atoms with Crippen LogP contribution < -0.4 is 14.8 Å². The summed E-state index contributed by atoms with van der Waals surface area (Å²) < 4.78 is 102. The van der Waals surface area contributed by atoms with E-state index < -0.39 is 64.5 Å². The van der Waals surface area contributed by atoms with Crippen molar-refractivity contribution in [3.63, 3.8) is 0 Å². The van der Waals surface area contributed by atoms with E-state index in [0.29, 0.717) is 39.6 Å². The van der Waals surface area contributed by atoms with Crippen LogP contribution >= 0.6 is 23.2 Å².